The fourth-order valence-corrected chi connectivity index (χ4v) is 2.61. The van der Waals surface area contributed by atoms with E-state index in [0.717, 1.165) is 0 Å². The van der Waals surface area contributed by atoms with Crippen LogP contribution in [0.1, 0.15) is 11.9 Å². The van der Waals surface area contributed by atoms with Crippen LogP contribution in [-0.4, -0.2) is 29.6 Å². The minimum absolute atomic E-state index is 0.0620. The van der Waals surface area contributed by atoms with Gasteiger partial charge in [0.1, 0.15) is 11.9 Å². The molecule has 9 heteroatoms. The van der Waals surface area contributed by atoms with E-state index in [4.69, 9.17) is 16.0 Å². The van der Waals surface area contributed by atoms with Gasteiger partial charge in [0.25, 0.3) is 10.0 Å². The van der Waals surface area contributed by atoms with Gasteiger partial charge in [-0.25, -0.2) is 18.1 Å². The maximum absolute atomic E-state index is 11.9. The Kier molecular flexibility index (Phi) is 3.95. The number of nitrogens with one attached hydrogen (secondary N) is 1. The van der Waals surface area contributed by atoms with E-state index in [1.165, 1.54) is 17.0 Å². The van der Waals surface area contributed by atoms with Gasteiger partial charge in [0, 0.05) is 19.8 Å². The summed E-state index contributed by atoms with van der Waals surface area (Å²) < 4.78 is 32.3. The Morgan fingerprint density at radius 3 is 2.89 bits per heavy atom. The Bertz CT molecular complexity index is 631. The van der Waals surface area contributed by atoms with Crippen LogP contribution in [0.3, 0.4) is 0 Å². The number of hydrogen-bond donors (Lipinski definition) is 2. The van der Waals surface area contributed by atoms with Crippen molar-refractivity contribution in [1.29, 1.82) is 0 Å². The lowest BCUT2D eigenvalue weighted by Gasteiger charge is -2.08. The van der Waals surface area contributed by atoms with Crippen molar-refractivity contribution < 1.29 is 17.9 Å². The maximum atomic E-state index is 11.9. The third-order valence-electron chi connectivity index (χ3n) is 2.41. The van der Waals surface area contributed by atoms with Crippen LogP contribution in [0.5, 0.6) is 0 Å². The molecule has 0 amide bonds. The monoisotopic (exact) mass is 305 g/mol. The highest BCUT2D eigenvalue weighted by Crippen LogP contribution is 2.15. The largest absolute Gasteiger partial charge is 0.467 e. The van der Waals surface area contributed by atoms with Crippen molar-refractivity contribution in [1.82, 2.24) is 14.3 Å². The molecular weight excluding hydrogens is 294 g/mol. The number of imidazole rings is 1. The molecule has 0 aromatic carbocycles. The van der Waals surface area contributed by atoms with Gasteiger partial charge in [0.2, 0.25) is 5.28 Å². The second-order valence-corrected chi connectivity index (χ2v) is 5.89. The molecule has 104 valence electrons. The van der Waals surface area contributed by atoms with Crippen molar-refractivity contribution in [3.05, 3.63) is 35.6 Å². The normalized spacial score (nSPS) is 13.6. The third kappa shape index (κ3) is 3.16. The third-order valence-corrected chi connectivity index (χ3v) is 4.06. The molecule has 2 heterocycles. The van der Waals surface area contributed by atoms with E-state index < -0.39 is 16.1 Å². The number of aromatic nitrogens is 2. The molecule has 0 aliphatic rings. The molecule has 7 nitrogen and oxygen atoms in total. The Morgan fingerprint density at radius 1 is 1.63 bits per heavy atom. The minimum atomic E-state index is -3.82. The first-order valence-corrected chi connectivity index (χ1v) is 7.16. The lowest BCUT2D eigenvalue weighted by Crippen LogP contribution is -2.28. The van der Waals surface area contributed by atoms with Gasteiger partial charge in [-0.05, 0) is 23.7 Å². The Balaban J connectivity index is 2.06. The van der Waals surface area contributed by atoms with Gasteiger partial charge in [-0.3, -0.25) is 0 Å². The number of aliphatic hydroxyl groups is 1. The van der Waals surface area contributed by atoms with Crippen LogP contribution in [0, 0.1) is 0 Å². The van der Waals surface area contributed by atoms with Gasteiger partial charge in [-0.2, -0.15) is 0 Å². The fourth-order valence-electron chi connectivity index (χ4n) is 1.39. The second-order valence-electron chi connectivity index (χ2n) is 3.84. The summed E-state index contributed by atoms with van der Waals surface area (Å²) in [5, 5.41) is 9.57. The fraction of sp³-hybridized carbons (Fsp3) is 0.300. The standard InChI is InChI=1S/C10H12ClN3O4S/c1-14-6-9(13-10(14)11)19(16,17)12-5-7(15)8-3-2-4-18-8/h2-4,6-7,12,15H,5H2,1H3. The van der Waals surface area contributed by atoms with Gasteiger partial charge in [0.15, 0.2) is 5.03 Å². The molecule has 1 unspecified atom stereocenters. The number of nitrogens with zero attached hydrogens (tertiary/aromatic N) is 2. The number of halogens is 1. The van der Waals surface area contributed by atoms with Crippen LogP contribution in [0.4, 0.5) is 0 Å². The first-order valence-electron chi connectivity index (χ1n) is 5.30. The quantitative estimate of drug-likeness (QED) is 0.846. The molecule has 0 radical (unpaired) electrons. The van der Waals surface area contributed by atoms with E-state index in [-0.39, 0.29) is 22.6 Å². The van der Waals surface area contributed by atoms with Crippen LogP contribution in [0.2, 0.25) is 5.28 Å². The molecule has 1 atom stereocenters. The lowest BCUT2D eigenvalue weighted by molar-refractivity contribution is 0.154. The van der Waals surface area contributed by atoms with Gasteiger partial charge < -0.3 is 14.1 Å². The van der Waals surface area contributed by atoms with Crippen molar-refractivity contribution in [3.63, 3.8) is 0 Å². The predicted molar refractivity (Wildman–Crippen MR) is 67.1 cm³/mol. The molecule has 0 saturated carbocycles. The van der Waals surface area contributed by atoms with Crippen molar-refractivity contribution in [2.45, 2.75) is 11.1 Å². The van der Waals surface area contributed by atoms with E-state index in [2.05, 4.69) is 9.71 Å². The molecular formula is C10H12ClN3O4S. The van der Waals surface area contributed by atoms with Gasteiger partial charge in [-0.15, -0.1) is 0 Å². The number of aryl methyl sites for hydroxylation is 1. The average molecular weight is 306 g/mol. The van der Waals surface area contributed by atoms with E-state index in [0.29, 0.717) is 0 Å². The summed E-state index contributed by atoms with van der Waals surface area (Å²) in [7, 11) is -2.24. The number of sulfonamides is 1. The molecule has 0 bridgehead atoms. The highest BCUT2D eigenvalue weighted by Gasteiger charge is 2.21. The number of rotatable bonds is 5. The van der Waals surface area contributed by atoms with Gasteiger partial charge in [-0.1, -0.05) is 0 Å². The molecule has 0 aliphatic heterocycles. The number of aliphatic hydroxyl groups excluding tert-OH is 1. The maximum Gasteiger partial charge on any atom is 0.259 e. The highest BCUT2D eigenvalue weighted by atomic mass is 35.5. The zero-order valence-electron chi connectivity index (χ0n) is 9.95. The Labute approximate surface area is 114 Å². The molecule has 0 spiro atoms. The summed E-state index contributed by atoms with van der Waals surface area (Å²) in [6, 6.07) is 3.15. The second kappa shape index (κ2) is 5.33. The smallest absolute Gasteiger partial charge is 0.259 e. The first-order chi connectivity index (χ1) is 8.90. The summed E-state index contributed by atoms with van der Waals surface area (Å²) in [6.07, 6.45) is 1.61. The highest BCUT2D eigenvalue weighted by molar-refractivity contribution is 7.89. The summed E-state index contributed by atoms with van der Waals surface area (Å²) >= 11 is 5.67. The van der Waals surface area contributed by atoms with Crippen molar-refractivity contribution >= 4 is 21.6 Å². The van der Waals surface area contributed by atoms with Crippen molar-refractivity contribution in [2.75, 3.05) is 6.54 Å². The van der Waals surface area contributed by atoms with E-state index in [1.807, 2.05) is 0 Å². The molecule has 0 fully saturated rings. The van der Waals surface area contributed by atoms with Crippen LogP contribution < -0.4 is 4.72 Å². The van der Waals surface area contributed by atoms with E-state index in [9.17, 15) is 13.5 Å². The lowest BCUT2D eigenvalue weighted by atomic mass is 10.3. The summed E-state index contributed by atoms with van der Waals surface area (Å²) in [5.74, 6) is 0.279. The summed E-state index contributed by atoms with van der Waals surface area (Å²) in [6.45, 7) is -0.218. The zero-order chi connectivity index (χ0) is 14.0. The Hall–Kier alpha value is -1.35. The van der Waals surface area contributed by atoms with Gasteiger partial charge in [0.05, 0.1) is 6.26 Å². The zero-order valence-corrected chi connectivity index (χ0v) is 11.5. The molecule has 2 rings (SSSR count). The molecule has 2 N–H and O–H groups in total. The molecule has 0 aliphatic carbocycles. The number of hydrogen-bond acceptors (Lipinski definition) is 5. The minimum Gasteiger partial charge on any atom is -0.467 e. The average Bonchev–Trinajstić information content (AvgIpc) is 2.98. The van der Waals surface area contributed by atoms with E-state index in [1.54, 1.807) is 19.2 Å². The van der Waals surface area contributed by atoms with Crippen molar-refractivity contribution in [3.8, 4) is 0 Å². The van der Waals surface area contributed by atoms with Crippen molar-refractivity contribution in [2.24, 2.45) is 7.05 Å². The van der Waals surface area contributed by atoms with Gasteiger partial charge >= 0.3 is 0 Å². The molecule has 2 aromatic heterocycles. The SMILES string of the molecule is Cn1cc(S(=O)(=O)NCC(O)c2ccco2)nc1Cl. The molecule has 0 saturated heterocycles. The molecule has 2 aromatic rings. The first kappa shape index (κ1) is 14.1. The molecule has 19 heavy (non-hydrogen) atoms. The number of furan rings is 1. The topological polar surface area (TPSA) is 97.4 Å². The van der Waals surface area contributed by atoms with Crippen LogP contribution in [-0.2, 0) is 17.1 Å². The van der Waals surface area contributed by atoms with Crippen LogP contribution >= 0.6 is 11.6 Å². The summed E-state index contributed by atoms with van der Waals surface area (Å²) in [5.41, 5.74) is 0. The van der Waals surface area contributed by atoms with Crippen LogP contribution in [0.15, 0.2) is 34.0 Å². The predicted octanol–water partition coefficient (Wildman–Crippen LogP) is 0.678. The Morgan fingerprint density at radius 2 is 2.37 bits per heavy atom. The van der Waals surface area contributed by atoms with E-state index >= 15 is 0 Å². The summed E-state index contributed by atoms with van der Waals surface area (Å²) in [4.78, 5) is 3.70. The van der Waals surface area contributed by atoms with Crippen LogP contribution in [0.25, 0.3) is 0 Å².